The Morgan fingerprint density at radius 3 is 1.92 bits per heavy atom. The molecule has 1 aliphatic rings. The Hall–Kier alpha value is -1.26. The summed E-state index contributed by atoms with van der Waals surface area (Å²) in [6.45, 7) is 2.69. The number of ether oxygens (including phenoxy) is 7. The zero-order chi connectivity index (χ0) is 18.3. The van der Waals surface area contributed by atoms with Crippen LogP contribution in [-0.4, -0.2) is 83.8 Å². The van der Waals surface area contributed by atoms with Crippen LogP contribution in [0.1, 0.15) is 13.8 Å². The minimum atomic E-state index is -0.942. The third-order valence-corrected chi connectivity index (χ3v) is 3.64. The second-order valence-electron chi connectivity index (χ2n) is 5.28. The molecule has 0 saturated carbocycles. The van der Waals surface area contributed by atoms with Gasteiger partial charge in [-0.05, 0) is 0 Å². The summed E-state index contributed by atoms with van der Waals surface area (Å²) < 4.78 is 37.7. The van der Waals surface area contributed by atoms with Gasteiger partial charge in [0, 0.05) is 42.3 Å². The first-order valence-electron chi connectivity index (χ1n) is 7.46. The van der Waals surface area contributed by atoms with E-state index in [4.69, 9.17) is 33.2 Å². The molecule has 0 spiro atoms. The fourth-order valence-electron chi connectivity index (χ4n) is 2.69. The first kappa shape index (κ1) is 20.8. The highest BCUT2D eigenvalue weighted by molar-refractivity contribution is 5.67. The van der Waals surface area contributed by atoms with Crippen LogP contribution in [0.2, 0.25) is 0 Å². The van der Waals surface area contributed by atoms with Crippen LogP contribution in [0, 0.1) is 0 Å². The Labute approximate surface area is 141 Å². The maximum atomic E-state index is 11.5. The highest BCUT2D eigenvalue weighted by Gasteiger charge is 2.53. The van der Waals surface area contributed by atoms with Crippen LogP contribution >= 0.6 is 0 Å². The normalized spacial score (nSPS) is 31.3. The van der Waals surface area contributed by atoms with Crippen molar-refractivity contribution in [2.24, 2.45) is 0 Å². The van der Waals surface area contributed by atoms with Gasteiger partial charge in [-0.2, -0.15) is 0 Å². The predicted molar refractivity (Wildman–Crippen MR) is 80.2 cm³/mol. The minimum Gasteiger partial charge on any atom is -0.456 e. The van der Waals surface area contributed by atoms with Crippen LogP contribution < -0.4 is 0 Å². The lowest BCUT2D eigenvalue weighted by atomic mass is 9.94. The summed E-state index contributed by atoms with van der Waals surface area (Å²) >= 11 is 0. The van der Waals surface area contributed by atoms with Crippen molar-refractivity contribution in [3.8, 4) is 0 Å². The maximum absolute atomic E-state index is 11.5. The van der Waals surface area contributed by atoms with E-state index in [2.05, 4.69) is 0 Å². The van der Waals surface area contributed by atoms with E-state index < -0.39 is 48.7 Å². The molecular weight excluding hydrogens is 324 g/mol. The van der Waals surface area contributed by atoms with Crippen molar-refractivity contribution in [2.45, 2.75) is 50.7 Å². The molecule has 6 atom stereocenters. The molecule has 1 heterocycles. The summed E-state index contributed by atoms with van der Waals surface area (Å²) in [5.41, 5.74) is 0. The molecule has 9 heteroatoms. The van der Waals surface area contributed by atoms with Gasteiger partial charge >= 0.3 is 11.9 Å². The van der Waals surface area contributed by atoms with Gasteiger partial charge in [-0.15, -0.1) is 0 Å². The van der Waals surface area contributed by atoms with Crippen molar-refractivity contribution in [2.75, 3.05) is 35.0 Å². The lowest BCUT2D eigenvalue weighted by Crippen LogP contribution is -2.64. The van der Waals surface area contributed by atoms with Gasteiger partial charge in [0.25, 0.3) is 0 Å². The number of carbonyl (C=O) groups is 2. The Morgan fingerprint density at radius 1 is 0.917 bits per heavy atom. The van der Waals surface area contributed by atoms with Gasteiger partial charge < -0.3 is 33.2 Å². The average molecular weight is 350 g/mol. The fourth-order valence-corrected chi connectivity index (χ4v) is 2.69. The lowest BCUT2D eigenvalue weighted by molar-refractivity contribution is -0.315. The molecule has 1 aliphatic heterocycles. The Morgan fingerprint density at radius 2 is 1.50 bits per heavy atom. The van der Waals surface area contributed by atoms with Gasteiger partial charge in [-0.3, -0.25) is 9.59 Å². The molecule has 0 radical (unpaired) electrons. The average Bonchev–Trinajstić information content (AvgIpc) is 2.53. The summed E-state index contributed by atoms with van der Waals surface area (Å²) in [5.74, 6) is -1.10. The van der Waals surface area contributed by atoms with Crippen molar-refractivity contribution >= 4 is 11.9 Å². The quantitative estimate of drug-likeness (QED) is 0.556. The Bertz CT molecular complexity index is 412. The summed E-state index contributed by atoms with van der Waals surface area (Å²) in [6.07, 6.45) is -4.84. The molecule has 9 nitrogen and oxygen atoms in total. The van der Waals surface area contributed by atoms with Gasteiger partial charge in [0.1, 0.15) is 18.3 Å². The zero-order valence-electron chi connectivity index (χ0n) is 14.8. The van der Waals surface area contributed by atoms with Crippen molar-refractivity contribution in [3.63, 3.8) is 0 Å². The highest BCUT2D eigenvalue weighted by atomic mass is 16.7. The van der Waals surface area contributed by atoms with Crippen LogP contribution in [0.3, 0.4) is 0 Å². The number of hydrogen-bond donors (Lipinski definition) is 0. The smallest absolute Gasteiger partial charge is 0.303 e. The third-order valence-electron chi connectivity index (χ3n) is 3.64. The van der Waals surface area contributed by atoms with E-state index in [-0.39, 0.29) is 6.61 Å². The topological polar surface area (TPSA) is 98.8 Å². The Kier molecular flexibility index (Phi) is 8.57. The standard InChI is InChI=1S/C15H26O9/c1-8(16)22-12-11(10(19-4)7-18-3)24-15(21-6)14(20-5)13(12)23-9(2)17/h10-15H,7H2,1-6H3/t10-,11+,12+,13-,14-,15?/m0/s1. The SMILES string of the molecule is COC[C@H](OC)[C@H]1OC(OC)[C@@H](OC)[C@@H](OC(C)=O)[C@@H]1OC(C)=O. The largest absolute Gasteiger partial charge is 0.456 e. The lowest BCUT2D eigenvalue weighted by Gasteiger charge is -2.45. The molecular formula is C15H26O9. The van der Waals surface area contributed by atoms with Gasteiger partial charge in [0.15, 0.2) is 18.5 Å². The zero-order valence-corrected chi connectivity index (χ0v) is 14.8. The van der Waals surface area contributed by atoms with E-state index >= 15 is 0 Å². The summed E-state index contributed by atoms with van der Waals surface area (Å²) in [7, 11) is 5.83. The van der Waals surface area contributed by atoms with E-state index in [0.717, 1.165) is 0 Å². The number of rotatable bonds is 8. The molecule has 0 aromatic rings. The molecule has 24 heavy (non-hydrogen) atoms. The molecule has 0 amide bonds. The molecule has 1 rings (SSSR count). The molecule has 0 bridgehead atoms. The molecule has 1 fully saturated rings. The predicted octanol–water partition coefficient (Wildman–Crippen LogP) is -0.102. The van der Waals surface area contributed by atoms with Gasteiger partial charge in [0.2, 0.25) is 0 Å². The second-order valence-corrected chi connectivity index (χ2v) is 5.28. The third kappa shape index (κ3) is 5.12. The summed E-state index contributed by atoms with van der Waals surface area (Å²) in [5, 5.41) is 0. The van der Waals surface area contributed by atoms with E-state index in [0.29, 0.717) is 0 Å². The van der Waals surface area contributed by atoms with Crippen molar-refractivity contribution in [1.29, 1.82) is 0 Å². The monoisotopic (exact) mass is 350 g/mol. The molecule has 1 saturated heterocycles. The van der Waals surface area contributed by atoms with Crippen molar-refractivity contribution in [3.05, 3.63) is 0 Å². The van der Waals surface area contributed by atoms with Gasteiger partial charge in [0.05, 0.1) is 6.61 Å². The second kappa shape index (κ2) is 9.90. The molecule has 0 aromatic heterocycles. The first-order valence-corrected chi connectivity index (χ1v) is 7.46. The van der Waals surface area contributed by atoms with Crippen LogP contribution in [0.25, 0.3) is 0 Å². The molecule has 0 aliphatic carbocycles. The van der Waals surface area contributed by atoms with Crippen LogP contribution in [-0.2, 0) is 42.7 Å². The van der Waals surface area contributed by atoms with E-state index in [1.165, 1.54) is 42.3 Å². The van der Waals surface area contributed by atoms with Gasteiger partial charge in [-0.1, -0.05) is 0 Å². The maximum Gasteiger partial charge on any atom is 0.303 e. The number of methoxy groups -OCH3 is 4. The number of hydrogen-bond acceptors (Lipinski definition) is 9. The Balaban J connectivity index is 3.22. The number of carbonyl (C=O) groups excluding carboxylic acids is 2. The summed E-state index contributed by atoms with van der Waals surface area (Å²) in [6, 6.07) is 0. The van der Waals surface area contributed by atoms with Gasteiger partial charge in [-0.25, -0.2) is 0 Å². The fraction of sp³-hybridized carbons (Fsp3) is 0.867. The number of esters is 2. The minimum absolute atomic E-state index is 0.180. The van der Waals surface area contributed by atoms with E-state index in [1.54, 1.807) is 0 Å². The molecule has 1 unspecified atom stereocenters. The van der Waals surface area contributed by atoms with Crippen molar-refractivity contribution < 1.29 is 42.7 Å². The van der Waals surface area contributed by atoms with E-state index in [9.17, 15) is 9.59 Å². The van der Waals surface area contributed by atoms with Crippen molar-refractivity contribution in [1.82, 2.24) is 0 Å². The molecule has 0 N–H and O–H groups in total. The molecule has 140 valence electrons. The van der Waals surface area contributed by atoms with Crippen LogP contribution in [0.15, 0.2) is 0 Å². The van der Waals surface area contributed by atoms with Crippen LogP contribution in [0.4, 0.5) is 0 Å². The molecule has 0 aromatic carbocycles. The van der Waals surface area contributed by atoms with Crippen LogP contribution in [0.5, 0.6) is 0 Å². The summed E-state index contributed by atoms with van der Waals surface area (Å²) in [4.78, 5) is 23.1. The highest BCUT2D eigenvalue weighted by Crippen LogP contribution is 2.31. The first-order chi connectivity index (χ1) is 11.4. The van der Waals surface area contributed by atoms with E-state index in [1.807, 2.05) is 0 Å².